The third-order valence-electron chi connectivity index (χ3n) is 6.06. The molecule has 1 fully saturated rings. The highest BCUT2D eigenvalue weighted by Gasteiger charge is 2.32. The minimum Gasteiger partial charge on any atom is -0.439 e. The van der Waals surface area contributed by atoms with Gasteiger partial charge in [0.2, 0.25) is 5.88 Å². The van der Waals surface area contributed by atoms with E-state index in [1.165, 1.54) is 0 Å². The predicted octanol–water partition coefficient (Wildman–Crippen LogP) is 4.66. The van der Waals surface area contributed by atoms with Crippen molar-refractivity contribution in [3.05, 3.63) is 66.6 Å². The molecule has 3 aromatic heterocycles. The van der Waals surface area contributed by atoms with Crippen molar-refractivity contribution < 1.29 is 9.53 Å². The van der Waals surface area contributed by atoms with Gasteiger partial charge in [0.1, 0.15) is 5.75 Å². The molecule has 3 heterocycles. The second-order valence-electron chi connectivity index (χ2n) is 8.13. The van der Waals surface area contributed by atoms with Crippen LogP contribution in [-0.2, 0) is 11.3 Å². The van der Waals surface area contributed by atoms with E-state index in [-0.39, 0.29) is 12.0 Å². The summed E-state index contributed by atoms with van der Waals surface area (Å²) in [5.74, 6) is 1.79. The summed E-state index contributed by atoms with van der Waals surface area (Å²) >= 11 is 0. The van der Waals surface area contributed by atoms with E-state index in [0.717, 1.165) is 47.1 Å². The molecule has 1 aliphatic carbocycles. The lowest BCUT2D eigenvalue weighted by atomic mass is 10.0. The van der Waals surface area contributed by atoms with E-state index >= 15 is 0 Å². The molecule has 1 saturated carbocycles. The molecule has 7 nitrogen and oxygen atoms in total. The molecule has 5 rings (SSSR count). The van der Waals surface area contributed by atoms with Crippen molar-refractivity contribution in [1.82, 2.24) is 25.5 Å². The molecule has 1 aliphatic rings. The lowest BCUT2D eigenvalue weighted by Crippen LogP contribution is -2.34. The molecule has 0 saturated heterocycles. The quantitative estimate of drug-likeness (QED) is 0.446. The van der Waals surface area contributed by atoms with Crippen LogP contribution >= 0.6 is 0 Å². The van der Waals surface area contributed by atoms with Crippen LogP contribution in [0.25, 0.3) is 22.2 Å². The summed E-state index contributed by atoms with van der Waals surface area (Å²) < 4.78 is 5.92. The van der Waals surface area contributed by atoms with E-state index in [1.807, 2.05) is 48.5 Å². The lowest BCUT2D eigenvalue weighted by Gasteiger charge is -2.12. The van der Waals surface area contributed by atoms with Gasteiger partial charge in [-0.1, -0.05) is 13.0 Å². The zero-order chi connectivity index (χ0) is 21.9. The Balaban J connectivity index is 1.24. The number of carbonyl (C=O) groups excluding carboxylic acids is 1. The first-order valence-electron chi connectivity index (χ1n) is 11.0. The van der Waals surface area contributed by atoms with Gasteiger partial charge in [0, 0.05) is 41.9 Å². The van der Waals surface area contributed by atoms with Crippen LogP contribution in [0.5, 0.6) is 11.6 Å². The minimum absolute atomic E-state index is 0.0413. The van der Waals surface area contributed by atoms with Crippen LogP contribution < -0.4 is 10.1 Å². The maximum Gasteiger partial charge on any atom is 0.219 e. The molecule has 162 valence electrons. The molecule has 2 unspecified atom stereocenters. The highest BCUT2D eigenvalue weighted by atomic mass is 16.5. The number of rotatable bonds is 7. The highest BCUT2D eigenvalue weighted by molar-refractivity contribution is 5.88. The number of Topliss-reactive ketones (excluding diaryl/α,β-unsaturated/α-hetero) is 1. The van der Waals surface area contributed by atoms with Gasteiger partial charge in [-0.05, 0) is 55.7 Å². The lowest BCUT2D eigenvalue weighted by molar-refractivity contribution is -0.122. The van der Waals surface area contributed by atoms with Gasteiger partial charge in [0.25, 0.3) is 0 Å². The summed E-state index contributed by atoms with van der Waals surface area (Å²) in [6.07, 6.45) is 6.30. The third kappa shape index (κ3) is 4.24. The maximum absolute atomic E-state index is 12.3. The highest BCUT2D eigenvalue weighted by Crippen LogP contribution is 2.27. The third-order valence-corrected chi connectivity index (χ3v) is 6.06. The maximum atomic E-state index is 12.3. The van der Waals surface area contributed by atoms with Gasteiger partial charge in [0.05, 0.1) is 22.9 Å². The number of aromatic nitrogens is 4. The van der Waals surface area contributed by atoms with Gasteiger partial charge in [-0.15, -0.1) is 0 Å². The summed E-state index contributed by atoms with van der Waals surface area (Å²) in [7, 11) is 0. The Morgan fingerprint density at radius 2 is 2.06 bits per heavy atom. The molecule has 2 atom stereocenters. The molecule has 0 spiro atoms. The van der Waals surface area contributed by atoms with E-state index in [4.69, 9.17) is 9.72 Å². The number of carbonyl (C=O) groups is 1. The van der Waals surface area contributed by atoms with Crippen molar-refractivity contribution >= 4 is 16.7 Å². The molecule has 0 bridgehead atoms. The number of fused-ring (bicyclic) bond motifs is 1. The number of aromatic amines is 1. The van der Waals surface area contributed by atoms with Crippen molar-refractivity contribution in [3.8, 4) is 22.9 Å². The molecule has 1 aromatic carbocycles. The largest absolute Gasteiger partial charge is 0.439 e. The fraction of sp³-hybridized carbons (Fsp3) is 0.280. The van der Waals surface area contributed by atoms with E-state index in [0.29, 0.717) is 24.0 Å². The Morgan fingerprint density at radius 1 is 1.12 bits per heavy atom. The van der Waals surface area contributed by atoms with E-state index in [2.05, 4.69) is 27.4 Å². The predicted molar refractivity (Wildman–Crippen MR) is 122 cm³/mol. The van der Waals surface area contributed by atoms with Gasteiger partial charge in [0.15, 0.2) is 5.78 Å². The van der Waals surface area contributed by atoms with Gasteiger partial charge >= 0.3 is 0 Å². The van der Waals surface area contributed by atoms with Crippen molar-refractivity contribution in [2.75, 3.05) is 0 Å². The second-order valence-corrected chi connectivity index (χ2v) is 8.13. The average Bonchev–Trinajstić information content (AvgIpc) is 3.48. The number of pyridine rings is 2. The Bertz CT molecular complexity index is 1220. The van der Waals surface area contributed by atoms with Crippen molar-refractivity contribution in [3.63, 3.8) is 0 Å². The van der Waals surface area contributed by atoms with Crippen molar-refractivity contribution in [2.45, 2.75) is 38.8 Å². The van der Waals surface area contributed by atoms with Crippen LogP contribution in [0.4, 0.5) is 0 Å². The normalized spacial score (nSPS) is 18.3. The van der Waals surface area contributed by atoms with Gasteiger partial charge in [-0.25, -0.2) is 4.98 Å². The molecule has 0 radical (unpaired) electrons. The minimum atomic E-state index is -0.0413. The molecule has 2 N–H and O–H groups in total. The van der Waals surface area contributed by atoms with Crippen LogP contribution in [0.3, 0.4) is 0 Å². The number of nitrogens with one attached hydrogen (secondary N) is 2. The Hall–Kier alpha value is -3.58. The summed E-state index contributed by atoms with van der Waals surface area (Å²) in [6.45, 7) is 2.67. The number of hydrogen-bond donors (Lipinski definition) is 2. The molecule has 32 heavy (non-hydrogen) atoms. The van der Waals surface area contributed by atoms with Crippen LogP contribution in [0.1, 0.15) is 31.9 Å². The number of hydrogen-bond acceptors (Lipinski definition) is 6. The van der Waals surface area contributed by atoms with Crippen molar-refractivity contribution in [2.24, 2.45) is 5.92 Å². The second kappa shape index (κ2) is 8.88. The average molecular weight is 428 g/mol. The van der Waals surface area contributed by atoms with Gasteiger partial charge in [-0.2, -0.15) is 5.10 Å². The van der Waals surface area contributed by atoms with E-state index < -0.39 is 0 Å². The SMILES string of the molecule is CCC1CCC(NCc2ccc3cc(Oc4ccc(-c5ccn[nH]5)cn4)ccc3n2)C1=O. The fourth-order valence-corrected chi connectivity index (χ4v) is 4.22. The molecule has 0 amide bonds. The summed E-state index contributed by atoms with van der Waals surface area (Å²) in [6, 6.07) is 15.4. The van der Waals surface area contributed by atoms with Crippen LogP contribution in [0.15, 0.2) is 60.9 Å². The number of benzene rings is 1. The molecular weight excluding hydrogens is 402 g/mol. The first-order chi connectivity index (χ1) is 15.7. The van der Waals surface area contributed by atoms with Crippen LogP contribution in [0.2, 0.25) is 0 Å². The topological polar surface area (TPSA) is 92.8 Å². The monoisotopic (exact) mass is 427 g/mol. The Morgan fingerprint density at radius 3 is 2.81 bits per heavy atom. The van der Waals surface area contributed by atoms with E-state index in [9.17, 15) is 4.79 Å². The first kappa shape index (κ1) is 20.3. The summed E-state index contributed by atoms with van der Waals surface area (Å²) in [4.78, 5) is 21.4. The Labute approximate surface area is 186 Å². The molecule has 0 aliphatic heterocycles. The Kier molecular flexibility index (Phi) is 5.64. The van der Waals surface area contributed by atoms with Gasteiger partial charge in [-0.3, -0.25) is 14.9 Å². The first-order valence-corrected chi connectivity index (χ1v) is 11.0. The number of ether oxygens (including phenoxy) is 1. The summed E-state index contributed by atoms with van der Waals surface area (Å²) in [5.41, 5.74) is 3.68. The number of nitrogens with zero attached hydrogens (tertiary/aromatic N) is 3. The van der Waals surface area contributed by atoms with Crippen LogP contribution in [0, 0.1) is 5.92 Å². The van der Waals surface area contributed by atoms with Crippen molar-refractivity contribution in [1.29, 1.82) is 0 Å². The van der Waals surface area contributed by atoms with Crippen LogP contribution in [-0.4, -0.2) is 32.0 Å². The zero-order valence-corrected chi connectivity index (χ0v) is 17.9. The molecule has 4 aromatic rings. The smallest absolute Gasteiger partial charge is 0.219 e. The molecule has 7 heteroatoms. The zero-order valence-electron chi connectivity index (χ0n) is 17.9. The van der Waals surface area contributed by atoms with E-state index in [1.54, 1.807) is 12.4 Å². The summed E-state index contributed by atoms with van der Waals surface area (Å²) in [5, 5.41) is 11.2. The molecular formula is C25H25N5O2. The fourth-order valence-electron chi connectivity index (χ4n) is 4.22. The number of ketones is 1. The standard InChI is InChI=1S/C25H25N5O2/c1-2-16-4-8-23(25(16)31)26-15-19-6-3-17-13-20(7-9-21(17)29-19)32-24-10-5-18(14-27-24)22-11-12-28-30-22/h3,5-7,9-14,16,23,26H,2,4,8,15H2,1H3,(H,28,30). The number of H-pyrrole nitrogens is 1. The van der Waals surface area contributed by atoms with Gasteiger partial charge < -0.3 is 10.1 Å².